The van der Waals surface area contributed by atoms with Crippen LogP contribution in [0.5, 0.6) is 0 Å². The number of aromatic nitrogens is 2. The van der Waals surface area contributed by atoms with Crippen LogP contribution in [0.3, 0.4) is 0 Å². The van der Waals surface area contributed by atoms with Crippen LogP contribution in [0.4, 0.5) is 5.82 Å². The number of hydrogen-bond acceptors (Lipinski definition) is 5. The zero-order valence-electron chi connectivity index (χ0n) is 13.7. The minimum atomic E-state index is -1.08. The number of carbonyl (C=O) groups is 2. The van der Waals surface area contributed by atoms with E-state index in [-0.39, 0.29) is 17.5 Å². The largest absolute Gasteiger partial charge is 0.476 e. The average Bonchev–Trinajstić information content (AvgIpc) is 2.59. The molecule has 1 amide bonds. The van der Waals surface area contributed by atoms with Crippen molar-refractivity contribution in [2.24, 2.45) is 5.92 Å². The van der Waals surface area contributed by atoms with Gasteiger partial charge in [0.25, 0.3) is 0 Å². The second kappa shape index (κ2) is 7.89. The molecule has 126 valence electrons. The highest BCUT2D eigenvalue weighted by atomic mass is 16.4. The summed E-state index contributed by atoms with van der Waals surface area (Å²) in [4.78, 5) is 35.1. The van der Waals surface area contributed by atoms with Crippen molar-refractivity contribution in [2.45, 2.75) is 32.6 Å². The molecule has 1 saturated heterocycles. The van der Waals surface area contributed by atoms with Gasteiger partial charge in [0.15, 0.2) is 5.69 Å². The highest BCUT2D eigenvalue weighted by Crippen LogP contribution is 2.22. The van der Waals surface area contributed by atoms with Crippen LogP contribution in [-0.2, 0) is 4.79 Å². The van der Waals surface area contributed by atoms with Crippen molar-refractivity contribution in [1.29, 1.82) is 0 Å². The van der Waals surface area contributed by atoms with E-state index in [1.807, 2.05) is 11.9 Å². The lowest BCUT2D eigenvalue weighted by atomic mass is 9.95. The normalized spacial score (nSPS) is 15.5. The maximum atomic E-state index is 12.4. The van der Waals surface area contributed by atoms with E-state index in [0.717, 1.165) is 45.3 Å². The Morgan fingerprint density at radius 2 is 2.00 bits per heavy atom. The molecule has 1 aromatic heterocycles. The smallest absolute Gasteiger partial charge is 0.356 e. The SMILES string of the molecule is CCCCN(C)C(=O)C1CCN(c2cnc(C(=O)O)cn2)CC1. The van der Waals surface area contributed by atoms with Gasteiger partial charge in [-0.3, -0.25) is 4.79 Å². The van der Waals surface area contributed by atoms with E-state index < -0.39 is 5.97 Å². The number of carboxylic acids is 1. The summed E-state index contributed by atoms with van der Waals surface area (Å²) in [7, 11) is 1.88. The van der Waals surface area contributed by atoms with Crippen molar-refractivity contribution >= 4 is 17.7 Å². The summed E-state index contributed by atoms with van der Waals surface area (Å²) in [6.07, 6.45) is 6.45. The summed E-state index contributed by atoms with van der Waals surface area (Å²) in [6.45, 7) is 4.41. The molecule has 2 rings (SSSR count). The lowest BCUT2D eigenvalue weighted by Gasteiger charge is -2.33. The van der Waals surface area contributed by atoms with Gasteiger partial charge in [0, 0.05) is 32.6 Å². The summed E-state index contributed by atoms with van der Waals surface area (Å²) in [5.41, 5.74) is -0.0589. The summed E-state index contributed by atoms with van der Waals surface area (Å²) in [5, 5.41) is 8.84. The van der Waals surface area contributed by atoms with Gasteiger partial charge in [-0.15, -0.1) is 0 Å². The van der Waals surface area contributed by atoms with E-state index in [4.69, 9.17) is 5.11 Å². The van der Waals surface area contributed by atoms with Crippen LogP contribution in [-0.4, -0.2) is 58.5 Å². The van der Waals surface area contributed by atoms with Gasteiger partial charge < -0.3 is 14.9 Å². The topological polar surface area (TPSA) is 86.6 Å². The third-order valence-corrected chi connectivity index (χ3v) is 4.25. The molecule has 0 saturated carbocycles. The first-order chi connectivity index (χ1) is 11.0. The number of carboxylic acid groups (broad SMARTS) is 1. The van der Waals surface area contributed by atoms with Crippen LogP contribution in [0.25, 0.3) is 0 Å². The second-order valence-electron chi connectivity index (χ2n) is 5.94. The predicted octanol–water partition coefficient (Wildman–Crippen LogP) is 1.65. The van der Waals surface area contributed by atoms with E-state index in [0.29, 0.717) is 5.82 Å². The van der Waals surface area contributed by atoms with Gasteiger partial charge >= 0.3 is 5.97 Å². The fourth-order valence-electron chi connectivity index (χ4n) is 2.77. The van der Waals surface area contributed by atoms with Gasteiger partial charge in [0.1, 0.15) is 5.82 Å². The zero-order valence-corrected chi connectivity index (χ0v) is 13.7. The van der Waals surface area contributed by atoms with Crippen molar-refractivity contribution in [2.75, 3.05) is 31.6 Å². The molecule has 1 aliphatic heterocycles. The fraction of sp³-hybridized carbons (Fsp3) is 0.625. The molecule has 0 unspecified atom stereocenters. The van der Waals surface area contributed by atoms with E-state index >= 15 is 0 Å². The Hall–Kier alpha value is -2.18. The van der Waals surface area contributed by atoms with Crippen LogP contribution in [0.2, 0.25) is 0 Å². The summed E-state index contributed by atoms with van der Waals surface area (Å²) >= 11 is 0. The molecule has 1 fully saturated rings. The van der Waals surface area contributed by atoms with Gasteiger partial charge in [-0.1, -0.05) is 13.3 Å². The maximum Gasteiger partial charge on any atom is 0.356 e. The number of anilines is 1. The Morgan fingerprint density at radius 1 is 1.30 bits per heavy atom. The minimum Gasteiger partial charge on any atom is -0.476 e. The first kappa shape index (κ1) is 17.2. The standard InChI is InChI=1S/C16H24N4O3/c1-3-4-7-19(2)15(21)12-5-8-20(9-6-12)14-11-17-13(10-18-14)16(22)23/h10-12H,3-9H2,1-2H3,(H,22,23). The van der Waals surface area contributed by atoms with Gasteiger partial charge in [-0.2, -0.15) is 0 Å². The Morgan fingerprint density at radius 3 is 2.52 bits per heavy atom. The molecule has 0 atom stereocenters. The molecule has 1 aliphatic rings. The molecular formula is C16H24N4O3. The van der Waals surface area contributed by atoms with Gasteiger partial charge in [0.2, 0.25) is 5.91 Å². The van der Waals surface area contributed by atoms with Gasteiger partial charge in [-0.25, -0.2) is 14.8 Å². The average molecular weight is 320 g/mol. The number of hydrogen-bond donors (Lipinski definition) is 1. The van der Waals surface area contributed by atoms with Crippen molar-refractivity contribution in [3.05, 3.63) is 18.1 Å². The van der Waals surface area contributed by atoms with E-state index in [9.17, 15) is 9.59 Å². The molecule has 0 spiro atoms. The second-order valence-corrected chi connectivity index (χ2v) is 5.94. The number of carbonyl (C=O) groups excluding carboxylic acids is 1. The third kappa shape index (κ3) is 4.40. The van der Waals surface area contributed by atoms with E-state index in [2.05, 4.69) is 21.8 Å². The molecule has 1 aromatic rings. The van der Waals surface area contributed by atoms with Crippen LogP contribution in [0.1, 0.15) is 43.1 Å². The first-order valence-corrected chi connectivity index (χ1v) is 8.08. The van der Waals surface area contributed by atoms with Crippen LogP contribution >= 0.6 is 0 Å². The zero-order chi connectivity index (χ0) is 16.8. The van der Waals surface area contributed by atoms with E-state index in [1.54, 1.807) is 0 Å². The number of piperidine rings is 1. The molecule has 23 heavy (non-hydrogen) atoms. The highest BCUT2D eigenvalue weighted by molar-refractivity contribution is 5.85. The maximum absolute atomic E-state index is 12.4. The summed E-state index contributed by atoms with van der Waals surface area (Å²) < 4.78 is 0. The lowest BCUT2D eigenvalue weighted by Crippen LogP contribution is -2.41. The van der Waals surface area contributed by atoms with Crippen molar-refractivity contribution in [1.82, 2.24) is 14.9 Å². The molecule has 0 aliphatic carbocycles. The molecule has 7 nitrogen and oxygen atoms in total. The molecule has 7 heteroatoms. The summed E-state index contributed by atoms with van der Waals surface area (Å²) in [6, 6.07) is 0. The van der Waals surface area contributed by atoms with Crippen LogP contribution < -0.4 is 4.90 Å². The molecular weight excluding hydrogens is 296 g/mol. The Labute approximate surface area is 136 Å². The Balaban J connectivity index is 1.88. The highest BCUT2D eigenvalue weighted by Gasteiger charge is 2.27. The molecule has 0 aromatic carbocycles. The lowest BCUT2D eigenvalue weighted by molar-refractivity contribution is -0.134. The molecule has 0 radical (unpaired) electrons. The predicted molar refractivity (Wildman–Crippen MR) is 86.5 cm³/mol. The number of nitrogens with zero attached hydrogens (tertiary/aromatic N) is 4. The third-order valence-electron chi connectivity index (χ3n) is 4.25. The molecule has 2 heterocycles. The van der Waals surface area contributed by atoms with Crippen molar-refractivity contribution in [3.8, 4) is 0 Å². The number of amides is 1. The number of rotatable bonds is 6. The summed E-state index contributed by atoms with van der Waals surface area (Å²) in [5.74, 6) is -0.117. The Kier molecular flexibility index (Phi) is 5.90. The van der Waals surface area contributed by atoms with Crippen molar-refractivity contribution in [3.63, 3.8) is 0 Å². The van der Waals surface area contributed by atoms with Gasteiger partial charge in [-0.05, 0) is 19.3 Å². The van der Waals surface area contributed by atoms with E-state index in [1.165, 1.54) is 12.4 Å². The molecule has 1 N–H and O–H groups in total. The van der Waals surface area contributed by atoms with Gasteiger partial charge in [0.05, 0.1) is 12.4 Å². The van der Waals surface area contributed by atoms with Crippen molar-refractivity contribution < 1.29 is 14.7 Å². The molecule has 0 bridgehead atoms. The monoisotopic (exact) mass is 320 g/mol. The van der Waals surface area contributed by atoms with Crippen LogP contribution in [0.15, 0.2) is 12.4 Å². The number of aromatic carboxylic acids is 1. The quantitative estimate of drug-likeness (QED) is 0.857. The first-order valence-electron chi connectivity index (χ1n) is 8.08. The minimum absolute atomic E-state index is 0.0589. The van der Waals surface area contributed by atoms with Crippen LogP contribution in [0, 0.1) is 5.92 Å². The number of unbranched alkanes of at least 4 members (excludes halogenated alkanes) is 1. The Bertz CT molecular complexity index is 539. The fourth-order valence-corrected chi connectivity index (χ4v) is 2.77.